The summed E-state index contributed by atoms with van der Waals surface area (Å²) >= 11 is 1.39. The van der Waals surface area contributed by atoms with Crippen molar-refractivity contribution in [2.45, 2.75) is 50.0 Å². The van der Waals surface area contributed by atoms with Crippen molar-refractivity contribution < 1.29 is 18.4 Å². The number of amides is 1. The van der Waals surface area contributed by atoms with Gasteiger partial charge in [-0.2, -0.15) is 0 Å². The molecule has 1 saturated heterocycles. The lowest BCUT2D eigenvalue weighted by Crippen LogP contribution is -2.68. The molecule has 4 unspecified atom stereocenters. The molecule has 2 aromatic carbocycles. The van der Waals surface area contributed by atoms with Crippen LogP contribution in [0.4, 0.5) is 8.78 Å². The van der Waals surface area contributed by atoms with Crippen LogP contribution in [0.25, 0.3) is 0 Å². The number of allylic oxidation sites excluding steroid dienone is 2. The number of nitrogens with one attached hydrogen (secondary N) is 3. The molecule has 2 aliphatic heterocycles. The average molecular weight is 484 g/mol. The van der Waals surface area contributed by atoms with Crippen molar-refractivity contribution in [2.75, 3.05) is 0 Å². The Kier molecular flexibility index (Phi) is 5.98. The molecule has 3 N–H and O–H groups in total. The van der Waals surface area contributed by atoms with E-state index in [1.54, 1.807) is 30.3 Å². The van der Waals surface area contributed by atoms with Crippen molar-refractivity contribution in [3.05, 3.63) is 82.6 Å². The largest absolute Gasteiger partial charge is 0.372 e. The predicted octanol–water partition coefficient (Wildman–Crippen LogP) is 4.17. The Bertz CT molecular complexity index is 1180. The van der Waals surface area contributed by atoms with E-state index in [0.29, 0.717) is 35.3 Å². The third kappa shape index (κ3) is 4.36. The lowest BCUT2D eigenvalue weighted by atomic mass is 9.66. The van der Waals surface area contributed by atoms with E-state index >= 15 is 0 Å². The SMILES string of the molecule is CC1(C)CC(=O)C2=C(C1)NC1NC(SCc3ccccc3F)NC(=O)C1C2c1cccc(F)c1. The van der Waals surface area contributed by atoms with Crippen molar-refractivity contribution in [1.82, 2.24) is 16.0 Å². The van der Waals surface area contributed by atoms with Crippen LogP contribution in [0.15, 0.2) is 59.8 Å². The fourth-order valence-electron chi connectivity index (χ4n) is 5.30. The Hall–Kier alpha value is -2.71. The van der Waals surface area contributed by atoms with Crippen LogP contribution in [0.2, 0.25) is 0 Å². The number of Topliss-reactive ketones (excluding diaryl/α,β-unsaturated/α-hetero) is 1. The zero-order chi connectivity index (χ0) is 24.0. The molecule has 4 atom stereocenters. The summed E-state index contributed by atoms with van der Waals surface area (Å²) in [5.41, 5.74) is 1.93. The molecule has 0 spiro atoms. The van der Waals surface area contributed by atoms with Crippen molar-refractivity contribution in [3.8, 4) is 0 Å². The Morgan fingerprint density at radius 1 is 1.03 bits per heavy atom. The number of thioether (sulfide) groups is 1. The van der Waals surface area contributed by atoms with Gasteiger partial charge in [0.1, 0.15) is 17.1 Å². The van der Waals surface area contributed by atoms with Gasteiger partial charge in [-0.1, -0.05) is 44.2 Å². The fraction of sp³-hybridized carbons (Fsp3) is 0.385. The van der Waals surface area contributed by atoms with E-state index in [9.17, 15) is 18.4 Å². The molecule has 3 aliphatic rings. The predicted molar refractivity (Wildman–Crippen MR) is 127 cm³/mol. The van der Waals surface area contributed by atoms with Gasteiger partial charge in [0.15, 0.2) is 5.78 Å². The Morgan fingerprint density at radius 3 is 2.59 bits per heavy atom. The number of ketones is 1. The van der Waals surface area contributed by atoms with E-state index < -0.39 is 29.3 Å². The molecule has 2 aromatic rings. The second-order valence-corrected chi connectivity index (χ2v) is 11.1. The summed E-state index contributed by atoms with van der Waals surface area (Å²) in [4.78, 5) is 26.7. The molecule has 178 valence electrons. The van der Waals surface area contributed by atoms with Crippen LogP contribution in [0, 0.1) is 23.0 Å². The highest BCUT2D eigenvalue weighted by Gasteiger charge is 2.50. The van der Waals surface area contributed by atoms with Gasteiger partial charge in [0.05, 0.1) is 12.1 Å². The smallest absolute Gasteiger partial charge is 0.229 e. The number of rotatable bonds is 4. The highest BCUT2D eigenvalue weighted by Crippen LogP contribution is 2.47. The van der Waals surface area contributed by atoms with Crippen molar-refractivity contribution in [1.29, 1.82) is 0 Å². The van der Waals surface area contributed by atoms with Crippen LogP contribution in [-0.2, 0) is 15.3 Å². The van der Waals surface area contributed by atoms with E-state index in [4.69, 9.17) is 0 Å². The van der Waals surface area contributed by atoms with Crippen LogP contribution in [0.1, 0.15) is 43.7 Å². The van der Waals surface area contributed by atoms with E-state index in [1.165, 1.54) is 30.0 Å². The highest BCUT2D eigenvalue weighted by atomic mass is 32.2. The second-order valence-electron chi connectivity index (χ2n) is 9.97. The third-order valence-corrected chi connectivity index (χ3v) is 7.82. The molecule has 0 aromatic heterocycles. The van der Waals surface area contributed by atoms with E-state index in [2.05, 4.69) is 16.0 Å². The first-order valence-corrected chi connectivity index (χ1v) is 12.5. The Labute approximate surface area is 201 Å². The topological polar surface area (TPSA) is 70.2 Å². The monoisotopic (exact) mass is 483 g/mol. The van der Waals surface area contributed by atoms with Crippen LogP contribution in [-0.4, -0.2) is 23.4 Å². The molecule has 0 bridgehead atoms. The summed E-state index contributed by atoms with van der Waals surface area (Å²) in [5.74, 6) is -1.71. The van der Waals surface area contributed by atoms with Gasteiger partial charge in [0.2, 0.25) is 5.91 Å². The summed E-state index contributed by atoms with van der Waals surface area (Å²) in [6, 6.07) is 12.7. The maximum atomic E-state index is 14.2. The lowest BCUT2D eigenvalue weighted by molar-refractivity contribution is -0.130. The van der Waals surface area contributed by atoms with Crippen molar-refractivity contribution in [2.24, 2.45) is 11.3 Å². The first-order chi connectivity index (χ1) is 16.2. The zero-order valence-electron chi connectivity index (χ0n) is 19.0. The molecule has 2 heterocycles. The van der Waals surface area contributed by atoms with Gasteiger partial charge in [0, 0.05) is 29.4 Å². The number of halogens is 2. The van der Waals surface area contributed by atoms with E-state index in [1.807, 2.05) is 13.8 Å². The molecule has 5 rings (SSSR count). The standard InChI is InChI=1S/C26H27F2N3O2S/c1-26(2)11-18-21(19(32)12-26)20(14-7-5-8-16(27)10-14)22-23(29-18)30-25(31-24(22)33)34-13-15-6-3-4-9-17(15)28/h3-10,20,22-23,25,29-30H,11-13H2,1-2H3,(H,31,33). The number of benzene rings is 2. The third-order valence-electron chi connectivity index (χ3n) is 6.76. The first-order valence-electron chi connectivity index (χ1n) is 11.4. The van der Waals surface area contributed by atoms with Crippen LogP contribution >= 0.6 is 11.8 Å². The molecule has 0 saturated carbocycles. The molecule has 8 heteroatoms. The Morgan fingerprint density at radius 2 is 1.82 bits per heavy atom. The summed E-state index contributed by atoms with van der Waals surface area (Å²) in [5, 5.41) is 9.83. The summed E-state index contributed by atoms with van der Waals surface area (Å²) in [6.45, 7) is 4.10. The van der Waals surface area contributed by atoms with Gasteiger partial charge in [-0.3, -0.25) is 14.9 Å². The molecule has 34 heavy (non-hydrogen) atoms. The van der Waals surface area contributed by atoms with E-state index in [-0.39, 0.29) is 22.9 Å². The van der Waals surface area contributed by atoms with Crippen LogP contribution in [0.5, 0.6) is 0 Å². The summed E-state index contributed by atoms with van der Waals surface area (Å²) < 4.78 is 28.2. The van der Waals surface area contributed by atoms with Crippen LogP contribution in [0.3, 0.4) is 0 Å². The van der Waals surface area contributed by atoms with Gasteiger partial charge in [-0.05, 0) is 41.2 Å². The molecule has 0 radical (unpaired) electrons. The zero-order valence-corrected chi connectivity index (χ0v) is 19.8. The second kappa shape index (κ2) is 8.82. The number of hydrogen-bond acceptors (Lipinski definition) is 5. The number of fused-ring (bicyclic) bond motifs is 1. The lowest BCUT2D eigenvalue weighted by Gasteiger charge is -2.48. The minimum absolute atomic E-state index is 0.00434. The molecule has 1 fully saturated rings. The van der Waals surface area contributed by atoms with Crippen LogP contribution < -0.4 is 16.0 Å². The van der Waals surface area contributed by atoms with Gasteiger partial charge >= 0.3 is 0 Å². The van der Waals surface area contributed by atoms with Gasteiger partial charge in [-0.25, -0.2) is 8.78 Å². The van der Waals surface area contributed by atoms with Crippen molar-refractivity contribution in [3.63, 3.8) is 0 Å². The molecule has 1 aliphatic carbocycles. The van der Waals surface area contributed by atoms with Gasteiger partial charge < -0.3 is 10.6 Å². The number of hydrogen-bond donors (Lipinski definition) is 3. The molecule has 1 amide bonds. The average Bonchev–Trinajstić information content (AvgIpc) is 2.76. The molecule has 5 nitrogen and oxygen atoms in total. The first kappa shape index (κ1) is 23.1. The molecular weight excluding hydrogens is 456 g/mol. The van der Waals surface area contributed by atoms with Gasteiger partial charge in [0.25, 0.3) is 0 Å². The van der Waals surface area contributed by atoms with E-state index in [0.717, 1.165) is 5.70 Å². The minimum atomic E-state index is -0.629. The summed E-state index contributed by atoms with van der Waals surface area (Å²) in [6.07, 6.45) is 0.604. The van der Waals surface area contributed by atoms with Gasteiger partial charge in [-0.15, -0.1) is 11.8 Å². The minimum Gasteiger partial charge on any atom is -0.372 e. The normalized spacial score (nSPS) is 28.0. The maximum Gasteiger partial charge on any atom is 0.229 e. The Balaban J connectivity index is 1.46. The number of carbonyl (C=O) groups is 2. The number of carbonyl (C=O) groups excluding carboxylic acids is 2. The summed E-state index contributed by atoms with van der Waals surface area (Å²) in [7, 11) is 0. The highest BCUT2D eigenvalue weighted by molar-refractivity contribution is 7.99. The quantitative estimate of drug-likeness (QED) is 0.609. The maximum absolute atomic E-state index is 14.2. The fourth-order valence-corrected chi connectivity index (χ4v) is 6.33. The van der Waals surface area contributed by atoms with Crippen molar-refractivity contribution >= 4 is 23.5 Å². The molecular formula is C26H27F2N3O2S.